The molecule has 3 nitrogen and oxygen atoms in total. The normalized spacial score (nSPS) is 22.9. The Morgan fingerprint density at radius 2 is 2.00 bits per heavy atom. The summed E-state index contributed by atoms with van der Waals surface area (Å²) in [6.45, 7) is 4.61. The molecular weight excluding hydrogens is 236 g/mol. The van der Waals surface area contributed by atoms with Crippen LogP contribution in [0.4, 0.5) is 0 Å². The van der Waals surface area contributed by atoms with Crippen molar-refractivity contribution in [2.75, 3.05) is 26.7 Å². The van der Waals surface area contributed by atoms with Crippen molar-refractivity contribution >= 4 is 0 Å². The highest BCUT2D eigenvalue weighted by Gasteiger charge is 2.28. The molecule has 106 valence electrons. The van der Waals surface area contributed by atoms with Gasteiger partial charge in [-0.05, 0) is 51.4 Å². The van der Waals surface area contributed by atoms with E-state index in [0.29, 0.717) is 12.0 Å². The molecule has 19 heavy (non-hydrogen) atoms. The monoisotopic (exact) mass is 262 g/mol. The lowest BCUT2D eigenvalue weighted by atomic mass is 10.0. The maximum atomic E-state index is 5.84. The van der Waals surface area contributed by atoms with Crippen LogP contribution in [0.25, 0.3) is 0 Å². The van der Waals surface area contributed by atoms with Crippen LogP contribution in [0.15, 0.2) is 24.3 Å². The fourth-order valence-corrected chi connectivity index (χ4v) is 2.98. The molecule has 2 unspecified atom stereocenters. The summed E-state index contributed by atoms with van der Waals surface area (Å²) < 4.78 is 5.79. The Balaban J connectivity index is 1.74. The van der Waals surface area contributed by atoms with Crippen LogP contribution in [-0.4, -0.2) is 37.7 Å². The Morgan fingerprint density at radius 1 is 1.26 bits per heavy atom. The molecule has 2 atom stereocenters. The summed E-state index contributed by atoms with van der Waals surface area (Å²) in [4.78, 5) is 2.42. The highest BCUT2D eigenvalue weighted by Crippen LogP contribution is 2.28. The first-order valence-corrected chi connectivity index (χ1v) is 7.30. The second-order valence-electron chi connectivity index (χ2n) is 5.64. The molecule has 0 heterocycles. The van der Waals surface area contributed by atoms with Crippen LogP contribution in [0.2, 0.25) is 0 Å². The lowest BCUT2D eigenvalue weighted by Gasteiger charge is -2.28. The van der Waals surface area contributed by atoms with Gasteiger partial charge in [-0.3, -0.25) is 4.90 Å². The van der Waals surface area contributed by atoms with Crippen LogP contribution in [0, 0.1) is 12.8 Å². The SMILES string of the molecule is Cc1ccc(OCCN(C)C2CCCC2CN)cc1. The molecule has 0 aromatic heterocycles. The number of nitrogens with zero attached hydrogens (tertiary/aromatic N) is 1. The van der Waals surface area contributed by atoms with Gasteiger partial charge in [-0.15, -0.1) is 0 Å². The molecule has 3 heteroatoms. The zero-order valence-corrected chi connectivity index (χ0v) is 12.1. The van der Waals surface area contributed by atoms with E-state index < -0.39 is 0 Å². The molecule has 1 saturated carbocycles. The van der Waals surface area contributed by atoms with Crippen LogP contribution >= 0.6 is 0 Å². The van der Waals surface area contributed by atoms with E-state index in [2.05, 4.69) is 31.0 Å². The van der Waals surface area contributed by atoms with Crippen LogP contribution in [0.5, 0.6) is 5.75 Å². The quantitative estimate of drug-likeness (QED) is 0.855. The minimum atomic E-state index is 0.645. The topological polar surface area (TPSA) is 38.5 Å². The van der Waals surface area contributed by atoms with Crippen molar-refractivity contribution in [2.45, 2.75) is 32.2 Å². The van der Waals surface area contributed by atoms with E-state index in [1.54, 1.807) is 0 Å². The Bertz CT molecular complexity index is 377. The third kappa shape index (κ3) is 3.95. The second kappa shape index (κ2) is 6.92. The van der Waals surface area contributed by atoms with E-state index in [4.69, 9.17) is 10.5 Å². The van der Waals surface area contributed by atoms with Crippen molar-refractivity contribution in [1.29, 1.82) is 0 Å². The minimum Gasteiger partial charge on any atom is -0.492 e. The van der Waals surface area contributed by atoms with Gasteiger partial charge in [0, 0.05) is 12.6 Å². The largest absolute Gasteiger partial charge is 0.492 e. The molecule has 1 aliphatic rings. The first-order chi connectivity index (χ1) is 9.20. The molecule has 2 N–H and O–H groups in total. The summed E-state index contributed by atoms with van der Waals surface area (Å²) in [6, 6.07) is 8.88. The Kier molecular flexibility index (Phi) is 5.23. The average Bonchev–Trinajstić information content (AvgIpc) is 2.89. The highest BCUT2D eigenvalue weighted by molar-refractivity contribution is 5.26. The fourth-order valence-electron chi connectivity index (χ4n) is 2.98. The highest BCUT2D eigenvalue weighted by atomic mass is 16.5. The molecule has 1 aliphatic carbocycles. The van der Waals surface area contributed by atoms with Crippen LogP contribution in [0.1, 0.15) is 24.8 Å². The van der Waals surface area contributed by atoms with Crippen LogP contribution in [0.3, 0.4) is 0 Å². The standard InChI is InChI=1S/C16H26N2O/c1-13-6-8-15(9-7-13)19-11-10-18(2)16-5-3-4-14(16)12-17/h6-9,14,16H,3-5,10-12,17H2,1-2H3. The fraction of sp³-hybridized carbons (Fsp3) is 0.625. The number of aryl methyl sites for hydroxylation is 1. The van der Waals surface area contributed by atoms with Crippen molar-refractivity contribution in [3.8, 4) is 5.75 Å². The predicted molar refractivity (Wildman–Crippen MR) is 79.5 cm³/mol. The number of benzene rings is 1. The number of hydrogen-bond acceptors (Lipinski definition) is 3. The number of nitrogens with two attached hydrogens (primary N) is 1. The molecular formula is C16H26N2O. The molecule has 0 radical (unpaired) electrons. The van der Waals surface area contributed by atoms with Gasteiger partial charge in [-0.1, -0.05) is 24.1 Å². The lowest BCUT2D eigenvalue weighted by molar-refractivity contribution is 0.165. The first-order valence-electron chi connectivity index (χ1n) is 7.30. The van der Waals surface area contributed by atoms with Crippen molar-refractivity contribution in [3.63, 3.8) is 0 Å². The second-order valence-corrected chi connectivity index (χ2v) is 5.64. The minimum absolute atomic E-state index is 0.645. The van der Waals surface area contributed by atoms with Gasteiger partial charge in [0.05, 0.1) is 0 Å². The van der Waals surface area contributed by atoms with E-state index in [1.165, 1.54) is 24.8 Å². The van der Waals surface area contributed by atoms with Crippen molar-refractivity contribution in [2.24, 2.45) is 11.7 Å². The Hall–Kier alpha value is -1.06. The Labute approximate surface area is 116 Å². The molecule has 0 saturated heterocycles. The van der Waals surface area contributed by atoms with Crippen molar-refractivity contribution < 1.29 is 4.74 Å². The summed E-state index contributed by atoms with van der Waals surface area (Å²) in [6.07, 6.45) is 3.88. The van der Waals surface area contributed by atoms with E-state index >= 15 is 0 Å². The summed E-state index contributed by atoms with van der Waals surface area (Å²) in [5, 5.41) is 0. The zero-order chi connectivity index (χ0) is 13.7. The van der Waals surface area contributed by atoms with Gasteiger partial charge >= 0.3 is 0 Å². The maximum Gasteiger partial charge on any atom is 0.119 e. The van der Waals surface area contributed by atoms with E-state index in [-0.39, 0.29) is 0 Å². The summed E-state index contributed by atoms with van der Waals surface area (Å²) in [7, 11) is 2.19. The average molecular weight is 262 g/mol. The number of likely N-dealkylation sites (N-methyl/N-ethyl adjacent to an activating group) is 1. The molecule has 0 spiro atoms. The third-order valence-electron chi connectivity index (χ3n) is 4.22. The van der Waals surface area contributed by atoms with Gasteiger partial charge in [0.2, 0.25) is 0 Å². The van der Waals surface area contributed by atoms with Gasteiger partial charge in [0.1, 0.15) is 12.4 Å². The van der Waals surface area contributed by atoms with Crippen molar-refractivity contribution in [3.05, 3.63) is 29.8 Å². The summed E-state index contributed by atoms with van der Waals surface area (Å²) >= 11 is 0. The molecule has 0 aliphatic heterocycles. The molecule has 2 rings (SSSR count). The molecule has 0 bridgehead atoms. The lowest BCUT2D eigenvalue weighted by Crippen LogP contribution is -2.39. The van der Waals surface area contributed by atoms with Gasteiger partial charge in [0.25, 0.3) is 0 Å². The van der Waals surface area contributed by atoms with E-state index in [0.717, 1.165) is 25.4 Å². The third-order valence-corrected chi connectivity index (χ3v) is 4.22. The van der Waals surface area contributed by atoms with Gasteiger partial charge in [0.15, 0.2) is 0 Å². The predicted octanol–water partition coefficient (Wildman–Crippen LogP) is 2.43. The maximum absolute atomic E-state index is 5.84. The van der Waals surface area contributed by atoms with Crippen molar-refractivity contribution in [1.82, 2.24) is 4.90 Å². The first kappa shape index (κ1) is 14.4. The Morgan fingerprint density at radius 3 is 2.68 bits per heavy atom. The number of rotatable bonds is 6. The summed E-state index contributed by atoms with van der Waals surface area (Å²) in [5.74, 6) is 1.63. The molecule has 1 aromatic rings. The molecule has 1 aromatic carbocycles. The van der Waals surface area contributed by atoms with E-state index in [9.17, 15) is 0 Å². The molecule has 0 amide bonds. The van der Waals surface area contributed by atoms with E-state index in [1.807, 2.05) is 12.1 Å². The molecule has 1 fully saturated rings. The van der Waals surface area contributed by atoms with Crippen LogP contribution < -0.4 is 10.5 Å². The number of ether oxygens (including phenoxy) is 1. The van der Waals surface area contributed by atoms with Gasteiger partial charge in [-0.25, -0.2) is 0 Å². The van der Waals surface area contributed by atoms with Crippen LogP contribution in [-0.2, 0) is 0 Å². The zero-order valence-electron chi connectivity index (χ0n) is 12.1. The van der Waals surface area contributed by atoms with Gasteiger partial charge < -0.3 is 10.5 Å². The smallest absolute Gasteiger partial charge is 0.119 e. The number of hydrogen-bond donors (Lipinski definition) is 1. The van der Waals surface area contributed by atoms with Gasteiger partial charge in [-0.2, -0.15) is 0 Å². The summed E-state index contributed by atoms with van der Waals surface area (Å²) in [5.41, 5.74) is 7.10.